The second kappa shape index (κ2) is 5.88. The highest BCUT2D eigenvalue weighted by Crippen LogP contribution is 2.28. The molecule has 1 rings (SSSR count). The minimum Gasteiger partial charge on any atom is -0.466 e. The maximum absolute atomic E-state index is 11.3. The Labute approximate surface area is 114 Å². The quantitative estimate of drug-likeness (QED) is 0.588. The van der Waals surface area contributed by atoms with Gasteiger partial charge < -0.3 is 8.97 Å². The Morgan fingerprint density at radius 2 is 1.61 bits per heavy atom. The van der Waals surface area contributed by atoms with Crippen LogP contribution in [0.25, 0.3) is 0 Å². The van der Waals surface area contributed by atoms with Crippen molar-refractivity contribution in [1.29, 1.82) is 0 Å². The van der Waals surface area contributed by atoms with Crippen molar-refractivity contribution in [2.45, 2.75) is 71.0 Å². The second-order valence-electron chi connectivity index (χ2n) is 7.27. The molecule has 0 N–H and O–H groups in total. The van der Waals surface area contributed by atoms with E-state index in [0.717, 1.165) is 19.3 Å². The number of nitrogens with zero attached hydrogens (tertiary/aromatic N) is 1. The summed E-state index contributed by atoms with van der Waals surface area (Å²) in [6, 6.07) is 0.622. The molecule has 0 aliphatic carbocycles. The first-order valence-corrected chi connectivity index (χ1v) is 14.0. The summed E-state index contributed by atoms with van der Waals surface area (Å²) < 4.78 is 8.11. The fourth-order valence-corrected chi connectivity index (χ4v) is 14.1. The lowest BCUT2D eigenvalue weighted by Gasteiger charge is -2.49. The molecule has 1 fully saturated rings. The SMILES string of the molecule is C[Si](C)(C)N(C1CCCC(=O)OCC1)[Si](C)(C)C. The molecule has 0 aromatic carbocycles. The molecule has 0 radical (unpaired) electrons. The highest BCUT2D eigenvalue weighted by molar-refractivity contribution is 6.89. The van der Waals surface area contributed by atoms with E-state index in [4.69, 9.17) is 4.74 Å². The van der Waals surface area contributed by atoms with E-state index in [-0.39, 0.29) is 5.97 Å². The molecule has 1 saturated heterocycles. The molecule has 0 aromatic heterocycles. The van der Waals surface area contributed by atoms with E-state index in [9.17, 15) is 4.79 Å². The number of cyclic esters (lactones) is 1. The topological polar surface area (TPSA) is 29.5 Å². The molecule has 1 aliphatic heterocycles. The molecular weight excluding hydrogens is 258 g/mol. The molecule has 1 heterocycles. The molecule has 5 heteroatoms. The van der Waals surface area contributed by atoms with Gasteiger partial charge in [0.1, 0.15) is 16.5 Å². The zero-order chi connectivity index (χ0) is 14.0. The molecular formula is C13H29NO2Si2. The third-order valence-electron chi connectivity index (χ3n) is 3.44. The summed E-state index contributed by atoms with van der Waals surface area (Å²) in [5, 5.41) is 0. The van der Waals surface area contributed by atoms with Gasteiger partial charge in [-0.3, -0.25) is 4.79 Å². The lowest BCUT2D eigenvalue weighted by molar-refractivity contribution is -0.144. The minimum absolute atomic E-state index is 0.0130. The van der Waals surface area contributed by atoms with Crippen LogP contribution in [0.15, 0.2) is 0 Å². The minimum atomic E-state index is -1.31. The Bertz CT molecular complexity index is 268. The summed E-state index contributed by atoms with van der Waals surface area (Å²) in [6.45, 7) is 15.2. The van der Waals surface area contributed by atoms with Crippen molar-refractivity contribution in [1.82, 2.24) is 4.23 Å². The van der Waals surface area contributed by atoms with Crippen LogP contribution >= 0.6 is 0 Å². The highest BCUT2D eigenvalue weighted by Gasteiger charge is 2.39. The van der Waals surface area contributed by atoms with Gasteiger partial charge in [0.05, 0.1) is 6.61 Å². The van der Waals surface area contributed by atoms with Crippen LogP contribution in [0.1, 0.15) is 25.7 Å². The van der Waals surface area contributed by atoms with Crippen LogP contribution in [0.5, 0.6) is 0 Å². The predicted octanol–water partition coefficient (Wildman–Crippen LogP) is 3.44. The standard InChI is InChI=1S/C13H29NO2Si2/c1-17(2,3)14(18(4,5)6)12-8-7-9-13(15)16-11-10-12/h12H,7-11H2,1-6H3. The number of hydrogen-bond donors (Lipinski definition) is 0. The maximum Gasteiger partial charge on any atom is 0.305 e. The molecule has 18 heavy (non-hydrogen) atoms. The number of carbonyl (C=O) groups is 1. The molecule has 0 saturated carbocycles. The third-order valence-corrected chi connectivity index (χ3v) is 11.1. The van der Waals surface area contributed by atoms with Crippen molar-refractivity contribution in [3.63, 3.8) is 0 Å². The van der Waals surface area contributed by atoms with E-state index in [1.807, 2.05) is 0 Å². The van der Waals surface area contributed by atoms with Gasteiger partial charge in [0.15, 0.2) is 0 Å². The zero-order valence-electron chi connectivity index (χ0n) is 12.9. The summed E-state index contributed by atoms with van der Waals surface area (Å²) in [5.41, 5.74) is 0. The Hall–Kier alpha value is -0.136. The summed E-state index contributed by atoms with van der Waals surface area (Å²) >= 11 is 0. The van der Waals surface area contributed by atoms with Gasteiger partial charge in [0.2, 0.25) is 0 Å². The van der Waals surface area contributed by atoms with Gasteiger partial charge in [0.25, 0.3) is 0 Å². The van der Waals surface area contributed by atoms with Crippen LogP contribution in [0, 0.1) is 0 Å². The van der Waals surface area contributed by atoms with Crippen molar-refractivity contribution in [3.05, 3.63) is 0 Å². The van der Waals surface area contributed by atoms with Crippen LogP contribution in [-0.2, 0) is 9.53 Å². The van der Waals surface area contributed by atoms with Crippen molar-refractivity contribution >= 4 is 22.4 Å². The molecule has 106 valence electrons. The van der Waals surface area contributed by atoms with Crippen molar-refractivity contribution in [2.75, 3.05) is 6.61 Å². The first-order chi connectivity index (χ1) is 8.12. The van der Waals surface area contributed by atoms with Crippen molar-refractivity contribution in [2.24, 2.45) is 0 Å². The van der Waals surface area contributed by atoms with Gasteiger partial charge in [0, 0.05) is 12.5 Å². The number of esters is 1. The van der Waals surface area contributed by atoms with Gasteiger partial charge in [-0.2, -0.15) is 0 Å². The summed E-state index contributed by atoms with van der Waals surface area (Å²) in [4.78, 5) is 11.3. The lowest BCUT2D eigenvalue weighted by atomic mass is 10.1. The Morgan fingerprint density at radius 1 is 1.06 bits per heavy atom. The van der Waals surface area contributed by atoms with Crippen molar-refractivity contribution in [3.8, 4) is 0 Å². The average molecular weight is 288 g/mol. The van der Waals surface area contributed by atoms with Gasteiger partial charge in [-0.25, -0.2) is 0 Å². The van der Waals surface area contributed by atoms with E-state index in [1.54, 1.807) is 0 Å². The number of ether oxygens (including phenoxy) is 1. The average Bonchev–Trinajstić information content (AvgIpc) is 2.09. The summed E-state index contributed by atoms with van der Waals surface area (Å²) in [7, 11) is -2.62. The van der Waals surface area contributed by atoms with Gasteiger partial charge in [-0.05, 0) is 19.3 Å². The first kappa shape index (κ1) is 15.9. The number of hydrogen-bond acceptors (Lipinski definition) is 3. The van der Waals surface area contributed by atoms with E-state index in [0.29, 0.717) is 19.1 Å². The molecule has 0 spiro atoms. The summed E-state index contributed by atoms with van der Waals surface area (Å²) in [5.74, 6) is -0.0130. The van der Waals surface area contributed by atoms with Crippen molar-refractivity contribution < 1.29 is 9.53 Å². The van der Waals surface area contributed by atoms with Crippen LogP contribution in [0.3, 0.4) is 0 Å². The van der Waals surface area contributed by atoms with Crippen LogP contribution < -0.4 is 0 Å². The Kier molecular flexibility index (Phi) is 5.20. The fraction of sp³-hybridized carbons (Fsp3) is 0.923. The monoisotopic (exact) mass is 287 g/mol. The largest absolute Gasteiger partial charge is 0.466 e. The molecule has 1 unspecified atom stereocenters. The van der Waals surface area contributed by atoms with E-state index >= 15 is 0 Å². The van der Waals surface area contributed by atoms with Crippen LogP contribution in [-0.4, -0.2) is 39.3 Å². The van der Waals surface area contributed by atoms with Gasteiger partial charge in [-0.15, -0.1) is 0 Å². The number of rotatable bonds is 3. The lowest BCUT2D eigenvalue weighted by Crippen LogP contribution is -2.63. The Morgan fingerprint density at radius 3 is 2.11 bits per heavy atom. The highest BCUT2D eigenvalue weighted by atomic mass is 28.4. The molecule has 1 atom stereocenters. The molecule has 0 amide bonds. The summed E-state index contributed by atoms with van der Waals surface area (Å²) in [6.07, 6.45) is 3.75. The molecule has 1 aliphatic rings. The first-order valence-electron chi connectivity index (χ1n) is 7.07. The van der Waals surface area contributed by atoms with E-state index in [1.165, 1.54) is 0 Å². The smallest absolute Gasteiger partial charge is 0.305 e. The number of carbonyl (C=O) groups excluding carboxylic acids is 1. The third kappa shape index (κ3) is 4.51. The van der Waals surface area contributed by atoms with Gasteiger partial charge >= 0.3 is 5.97 Å². The zero-order valence-corrected chi connectivity index (χ0v) is 14.9. The normalized spacial score (nSPS) is 23.5. The molecule has 0 bridgehead atoms. The second-order valence-corrected chi connectivity index (χ2v) is 17.4. The molecule has 0 aromatic rings. The van der Waals surface area contributed by atoms with Crippen LogP contribution in [0.2, 0.25) is 39.3 Å². The van der Waals surface area contributed by atoms with Crippen LogP contribution in [0.4, 0.5) is 0 Å². The Balaban J connectivity index is 2.82. The van der Waals surface area contributed by atoms with E-state index in [2.05, 4.69) is 43.5 Å². The maximum atomic E-state index is 11.3. The molecule has 3 nitrogen and oxygen atoms in total. The fourth-order valence-electron chi connectivity index (χ4n) is 3.37. The van der Waals surface area contributed by atoms with E-state index < -0.39 is 16.5 Å². The van der Waals surface area contributed by atoms with Gasteiger partial charge in [-0.1, -0.05) is 39.3 Å². The predicted molar refractivity (Wildman–Crippen MR) is 81.7 cm³/mol.